The van der Waals surface area contributed by atoms with Crippen LogP contribution in [0, 0.1) is 12.8 Å². The number of aryl methyl sites for hydroxylation is 1. The van der Waals surface area contributed by atoms with Crippen LogP contribution in [0.25, 0.3) is 10.9 Å². The number of carbonyl (C=O) groups is 1. The first-order chi connectivity index (χ1) is 13.0. The van der Waals surface area contributed by atoms with Crippen LogP contribution >= 0.6 is 0 Å². The Labute approximate surface area is 157 Å². The number of hydrogen-bond donors (Lipinski definition) is 1. The van der Waals surface area contributed by atoms with Gasteiger partial charge in [0.25, 0.3) is 0 Å². The van der Waals surface area contributed by atoms with Crippen LogP contribution in [0.4, 0.5) is 11.9 Å². The second-order valence-corrected chi connectivity index (χ2v) is 6.83. The summed E-state index contributed by atoms with van der Waals surface area (Å²) in [6, 6.07) is 5.80. The molecule has 7 nitrogen and oxygen atoms in total. The molecule has 0 saturated carbocycles. The van der Waals surface area contributed by atoms with E-state index in [0.29, 0.717) is 42.2 Å². The van der Waals surface area contributed by atoms with E-state index in [4.69, 9.17) is 4.74 Å². The lowest BCUT2D eigenvalue weighted by atomic mass is 9.88. The number of aromatic nitrogens is 4. The molecular formula is C20H21N5O2. The van der Waals surface area contributed by atoms with E-state index < -0.39 is 0 Å². The van der Waals surface area contributed by atoms with Gasteiger partial charge < -0.3 is 4.74 Å². The lowest BCUT2D eigenvalue weighted by Gasteiger charge is -2.19. The first-order valence-corrected chi connectivity index (χ1v) is 9.11. The summed E-state index contributed by atoms with van der Waals surface area (Å²) in [5.74, 6) is 1.91. The van der Waals surface area contributed by atoms with Crippen molar-refractivity contribution in [3.8, 4) is 5.75 Å². The minimum absolute atomic E-state index is 0.106. The Kier molecular flexibility index (Phi) is 4.43. The monoisotopic (exact) mass is 363 g/mol. The molecule has 0 bridgehead atoms. The summed E-state index contributed by atoms with van der Waals surface area (Å²) in [6.07, 6.45) is 2.92. The molecule has 2 aromatic heterocycles. The van der Waals surface area contributed by atoms with Gasteiger partial charge in [-0.05, 0) is 32.3 Å². The van der Waals surface area contributed by atoms with Gasteiger partial charge in [0.2, 0.25) is 11.9 Å². The summed E-state index contributed by atoms with van der Waals surface area (Å²) in [5.41, 5.74) is 2.98. The topological polar surface area (TPSA) is 89.9 Å². The maximum atomic E-state index is 12.1. The Bertz CT molecular complexity index is 1030. The van der Waals surface area contributed by atoms with E-state index in [9.17, 15) is 4.79 Å². The number of nitrogens with zero attached hydrogens (tertiary/aromatic N) is 4. The molecule has 4 rings (SSSR count). The van der Waals surface area contributed by atoms with Crippen molar-refractivity contribution in [3.05, 3.63) is 41.3 Å². The summed E-state index contributed by atoms with van der Waals surface area (Å²) in [5, 5.41) is 4.02. The van der Waals surface area contributed by atoms with E-state index in [1.54, 1.807) is 6.20 Å². The van der Waals surface area contributed by atoms with Crippen molar-refractivity contribution in [1.29, 1.82) is 0 Å². The molecule has 7 heteroatoms. The van der Waals surface area contributed by atoms with Gasteiger partial charge in [-0.1, -0.05) is 19.1 Å². The number of Topliss-reactive ketones (excluding diaryl/α,β-unsaturated/α-hetero) is 1. The lowest BCUT2D eigenvalue weighted by molar-refractivity contribution is 0.0951. The summed E-state index contributed by atoms with van der Waals surface area (Å²) >= 11 is 0. The van der Waals surface area contributed by atoms with Gasteiger partial charge in [0, 0.05) is 18.0 Å². The van der Waals surface area contributed by atoms with Crippen LogP contribution in [0.2, 0.25) is 0 Å². The van der Waals surface area contributed by atoms with Crippen LogP contribution in [0.3, 0.4) is 0 Å². The van der Waals surface area contributed by atoms with Gasteiger partial charge in [-0.3, -0.25) is 10.1 Å². The average molecular weight is 363 g/mol. The number of para-hydroxylation sites is 1. The van der Waals surface area contributed by atoms with Crippen LogP contribution in [0.1, 0.15) is 42.0 Å². The normalized spacial score (nSPS) is 16.3. The molecular weight excluding hydrogens is 342 g/mol. The zero-order valence-electron chi connectivity index (χ0n) is 15.6. The van der Waals surface area contributed by atoms with E-state index in [-0.39, 0.29) is 5.78 Å². The standard InChI is InChI=1S/C20H21N5O2/c1-4-27-17-7-5-6-13-12(3)22-20(24-18(13)17)25-19-21-10-14-15(23-19)8-11(2)9-16(14)26/h5-7,10-11H,4,8-9H2,1-3H3,(H,21,22,23,24,25)/t11-/m1/s1. The number of benzene rings is 1. The third-order valence-electron chi connectivity index (χ3n) is 4.65. The second kappa shape index (κ2) is 6.90. The highest BCUT2D eigenvalue weighted by atomic mass is 16.5. The zero-order chi connectivity index (χ0) is 19.0. The second-order valence-electron chi connectivity index (χ2n) is 6.83. The van der Waals surface area contributed by atoms with Crippen LogP contribution in [0.15, 0.2) is 24.4 Å². The third-order valence-corrected chi connectivity index (χ3v) is 4.65. The van der Waals surface area contributed by atoms with E-state index in [2.05, 4.69) is 32.2 Å². The van der Waals surface area contributed by atoms with Gasteiger partial charge in [-0.25, -0.2) is 19.9 Å². The van der Waals surface area contributed by atoms with Crippen LogP contribution in [-0.4, -0.2) is 32.3 Å². The van der Waals surface area contributed by atoms with Crippen molar-refractivity contribution in [2.45, 2.75) is 33.6 Å². The maximum absolute atomic E-state index is 12.1. The minimum Gasteiger partial charge on any atom is -0.492 e. The average Bonchev–Trinajstić information content (AvgIpc) is 2.62. The molecule has 2 heterocycles. The fourth-order valence-electron chi connectivity index (χ4n) is 3.40. The van der Waals surface area contributed by atoms with E-state index in [1.165, 1.54) is 0 Å². The molecule has 0 aliphatic heterocycles. The quantitative estimate of drug-likeness (QED) is 0.757. The van der Waals surface area contributed by atoms with E-state index in [1.807, 2.05) is 32.0 Å². The van der Waals surface area contributed by atoms with Crippen LogP contribution < -0.4 is 10.1 Å². The Hall–Kier alpha value is -3.09. The highest BCUT2D eigenvalue weighted by molar-refractivity contribution is 5.98. The largest absolute Gasteiger partial charge is 0.492 e. The first kappa shape index (κ1) is 17.3. The molecule has 1 N–H and O–H groups in total. The summed E-state index contributed by atoms with van der Waals surface area (Å²) < 4.78 is 5.69. The molecule has 0 radical (unpaired) electrons. The number of fused-ring (bicyclic) bond motifs is 2. The summed E-state index contributed by atoms with van der Waals surface area (Å²) in [7, 11) is 0. The fourth-order valence-corrected chi connectivity index (χ4v) is 3.40. The predicted molar refractivity (Wildman–Crippen MR) is 103 cm³/mol. The third kappa shape index (κ3) is 3.32. The number of rotatable bonds is 4. The van der Waals surface area contributed by atoms with Crippen LogP contribution in [-0.2, 0) is 6.42 Å². The zero-order valence-corrected chi connectivity index (χ0v) is 15.6. The van der Waals surface area contributed by atoms with Gasteiger partial charge >= 0.3 is 0 Å². The highest BCUT2D eigenvalue weighted by Crippen LogP contribution is 2.28. The molecule has 0 unspecified atom stereocenters. The van der Waals surface area contributed by atoms with E-state index in [0.717, 1.165) is 28.7 Å². The molecule has 3 aromatic rings. The van der Waals surface area contributed by atoms with Gasteiger partial charge in [0.05, 0.1) is 23.6 Å². The van der Waals surface area contributed by atoms with Crippen molar-refractivity contribution in [1.82, 2.24) is 19.9 Å². The Morgan fingerprint density at radius 2 is 2.04 bits per heavy atom. The SMILES string of the molecule is CCOc1cccc2c(C)nc(Nc3ncc4c(n3)C[C@@H](C)CC4=O)nc12. The Morgan fingerprint density at radius 3 is 2.85 bits per heavy atom. The molecule has 0 fully saturated rings. The summed E-state index contributed by atoms with van der Waals surface area (Å²) in [6.45, 7) is 6.49. The van der Waals surface area contributed by atoms with Gasteiger partial charge in [-0.15, -0.1) is 0 Å². The van der Waals surface area contributed by atoms with Crippen LogP contribution in [0.5, 0.6) is 5.75 Å². The van der Waals surface area contributed by atoms with Crippen molar-refractivity contribution in [3.63, 3.8) is 0 Å². The number of carbonyl (C=O) groups excluding carboxylic acids is 1. The number of nitrogens with one attached hydrogen (secondary N) is 1. The highest BCUT2D eigenvalue weighted by Gasteiger charge is 2.24. The van der Waals surface area contributed by atoms with E-state index >= 15 is 0 Å². The molecule has 1 aromatic carbocycles. The van der Waals surface area contributed by atoms with Gasteiger partial charge in [0.1, 0.15) is 11.3 Å². The molecule has 0 saturated heterocycles. The Balaban J connectivity index is 1.71. The summed E-state index contributed by atoms with van der Waals surface area (Å²) in [4.78, 5) is 30.0. The predicted octanol–water partition coefficient (Wildman–Crippen LogP) is 3.64. The molecule has 0 amide bonds. The van der Waals surface area contributed by atoms with Crippen molar-refractivity contribution in [2.75, 3.05) is 11.9 Å². The number of ketones is 1. The maximum Gasteiger partial charge on any atom is 0.230 e. The molecule has 1 atom stereocenters. The molecule has 0 spiro atoms. The van der Waals surface area contributed by atoms with Gasteiger partial charge in [-0.2, -0.15) is 0 Å². The smallest absolute Gasteiger partial charge is 0.230 e. The fraction of sp³-hybridized carbons (Fsp3) is 0.350. The Morgan fingerprint density at radius 1 is 1.19 bits per heavy atom. The lowest BCUT2D eigenvalue weighted by Crippen LogP contribution is -2.20. The van der Waals surface area contributed by atoms with Gasteiger partial charge in [0.15, 0.2) is 5.78 Å². The minimum atomic E-state index is 0.106. The molecule has 1 aliphatic rings. The molecule has 138 valence electrons. The van der Waals surface area contributed by atoms with Crippen molar-refractivity contribution < 1.29 is 9.53 Å². The molecule has 1 aliphatic carbocycles. The first-order valence-electron chi connectivity index (χ1n) is 9.11. The van der Waals surface area contributed by atoms with Crippen molar-refractivity contribution >= 4 is 28.6 Å². The number of anilines is 2. The molecule has 27 heavy (non-hydrogen) atoms. The number of ether oxygens (including phenoxy) is 1. The number of hydrogen-bond acceptors (Lipinski definition) is 7. The van der Waals surface area contributed by atoms with Crippen molar-refractivity contribution in [2.24, 2.45) is 5.92 Å².